The monoisotopic (exact) mass is 302 g/mol. The Morgan fingerprint density at radius 2 is 1.37 bits per heavy atom. The highest BCUT2D eigenvalue weighted by molar-refractivity contribution is 6.70. The van der Waals surface area contributed by atoms with E-state index >= 15 is 0 Å². The summed E-state index contributed by atoms with van der Waals surface area (Å²) in [6.07, 6.45) is 0. The Balaban J connectivity index is 5.39. The van der Waals surface area contributed by atoms with E-state index < -0.39 is 22.6 Å². The topological polar surface area (TPSA) is 44.8 Å². The van der Waals surface area contributed by atoms with Crippen molar-refractivity contribution in [3.05, 3.63) is 23.7 Å². The molecule has 0 aliphatic heterocycles. The summed E-state index contributed by atoms with van der Waals surface area (Å²) >= 11 is 0. The summed E-state index contributed by atoms with van der Waals surface area (Å²) in [5.74, 6) is 0.384. The Kier molecular flexibility index (Phi) is 6.08. The lowest BCUT2D eigenvalue weighted by molar-refractivity contribution is -0.136. The van der Waals surface area contributed by atoms with Crippen molar-refractivity contribution in [3.63, 3.8) is 0 Å². The molecule has 0 aliphatic rings. The van der Waals surface area contributed by atoms with Crippen LogP contribution >= 0.6 is 0 Å². The van der Waals surface area contributed by atoms with Gasteiger partial charge in [0.05, 0.1) is 12.9 Å². The van der Waals surface area contributed by atoms with Crippen molar-refractivity contribution in [2.45, 2.75) is 46.2 Å². The van der Waals surface area contributed by atoms with E-state index in [-0.39, 0.29) is 0 Å². The van der Waals surface area contributed by atoms with Gasteiger partial charge in [-0.25, -0.2) is 4.79 Å². The first kappa shape index (κ1) is 18.0. The second-order valence-corrected chi connectivity index (χ2v) is 15.1. The highest BCUT2D eigenvalue weighted by Crippen LogP contribution is 2.23. The number of esters is 1. The zero-order chi connectivity index (χ0) is 15.4. The lowest BCUT2D eigenvalue weighted by atomic mass is 10.2. The van der Waals surface area contributed by atoms with Crippen LogP contribution in [0, 0.1) is 0 Å². The van der Waals surface area contributed by atoms with Crippen molar-refractivity contribution >= 4 is 22.6 Å². The standard InChI is InChI=1S/C13H26O4Si2/c1-10(16-18(4,5)6)12(13(14)15-3)11(2)17-19(7,8)9/h1H2,2-9H3/b12-11-. The molecule has 6 heteroatoms. The van der Waals surface area contributed by atoms with Crippen molar-refractivity contribution in [2.24, 2.45) is 0 Å². The maximum Gasteiger partial charge on any atom is 0.344 e. The van der Waals surface area contributed by atoms with E-state index in [1.54, 1.807) is 6.92 Å². The highest BCUT2D eigenvalue weighted by Gasteiger charge is 2.27. The van der Waals surface area contributed by atoms with Gasteiger partial charge in [0.2, 0.25) is 16.6 Å². The fourth-order valence-electron chi connectivity index (χ4n) is 1.49. The van der Waals surface area contributed by atoms with Crippen LogP contribution in [0.4, 0.5) is 0 Å². The smallest absolute Gasteiger partial charge is 0.344 e. The molecule has 0 rings (SSSR count). The van der Waals surface area contributed by atoms with Crippen LogP contribution in [0.15, 0.2) is 23.7 Å². The van der Waals surface area contributed by atoms with Gasteiger partial charge in [-0.3, -0.25) is 0 Å². The summed E-state index contributed by atoms with van der Waals surface area (Å²) in [6, 6.07) is 0. The zero-order valence-electron chi connectivity index (χ0n) is 13.3. The summed E-state index contributed by atoms with van der Waals surface area (Å²) < 4.78 is 16.4. The van der Waals surface area contributed by atoms with Crippen LogP contribution in [-0.4, -0.2) is 29.7 Å². The van der Waals surface area contributed by atoms with E-state index in [0.717, 1.165) is 0 Å². The minimum atomic E-state index is -1.83. The van der Waals surface area contributed by atoms with Gasteiger partial charge in [-0.05, 0) is 46.2 Å². The van der Waals surface area contributed by atoms with Gasteiger partial charge in [-0.2, -0.15) is 0 Å². The number of carbonyl (C=O) groups excluding carboxylic acids is 1. The first-order valence-electron chi connectivity index (χ1n) is 6.24. The summed E-state index contributed by atoms with van der Waals surface area (Å²) in [5.41, 5.74) is 0.298. The van der Waals surface area contributed by atoms with Crippen LogP contribution in [0.2, 0.25) is 39.3 Å². The number of hydrogen-bond donors (Lipinski definition) is 0. The molecule has 0 aliphatic carbocycles. The number of hydrogen-bond acceptors (Lipinski definition) is 4. The summed E-state index contributed by atoms with van der Waals surface area (Å²) in [6.45, 7) is 17.8. The molecule has 0 fully saturated rings. The molecule has 0 N–H and O–H groups in total. The minimum absolute atomic E-state index is 0.298. The number of ether oxygens (including phenoxy) is 1. The molecule has 0 bridgehead atoms. The maximum atomic E-state index is 11.9. The molecule has 0 saturated heterocycles. The lowest BCUT2D eigenvalue weighted by Crippen LogP contribution is -2.29. The van der Waals surface area contributed by atoms with Gasteiger partial charge in [0.15, 0.2) is 0 Å². The van der Waals surface area contributed by atoms with Crippen LogP contribution in [0.3, 0.4) is 0 Å². The first-order chi connectivity index (χ1) is 8.37. The number of rotatable bonds is 6. The summed E-state index contributed by atoms with van der Waals surface area (Å²) in [7, 11) is -2.29. The van der Waals surface area contributed by atoms with E-state index in [2.05, 4.69) is 6.58 Å². The molecular weight excluding hydrogens is 276 g/mol. The highest BCUT2D eigenvalue weighted by atomic mass is 28.4. The van der Waals surface area contributed by atoms with Crippen LogP contribution < -0.4 is 0 Å². The Morgan fingerprint density at radius 1 is 0.947 bits per heavy atom. The Bertz CT molecular complexity index is 386. The Labute approximate surface area is 118 Å². The van der Waals surface area contributed by atoms with Gasteiger partial charge in [0.1, 0.15) is 11.3 Å². The van der Waals surface area contributed by atoms with Gasteiger partial charge in [0.25, 0.3) is 0 Å². The molecular formula is C13H26O4Si2. The number of allylic oxidation sites excluding steroid dienone is 1. The number of methoxy groups -OCH3 is 1. The molecule has 0 spiro atoms. The second kappa shape index (κ2) is 6.43. The quantitative estimate of drug-likeness (QED) is 0.247. The molecule has 0 aromatic rings. The van der Waals surface area contributed by atoms with Crippen molar-refractivity contribution in [3.8, 4) is 0 Å². The summed E-state index contributed by atoms with van der Waals surface area (Å²) in [4.78, 5) is 11.9. The molecule has 0 aromatic carbocycles. The zero-order valence-corrected chi connectivity index (χ0v) is 15.3. The molecule has 0 saturated carbocycles. The van der Waals surface area contributed by atoms with E-state index in [0.29, 0.717) is 17.1 Å². The molecule has 0 atom stereocenters. The third-order valence-electron chi connectivity index (χ3n) is 1.91. The van der Waals surface area contributed by atoms with E-state index in [1.807, 2.05) is 39.3 Å². The second-order valence-electron chi connectivity index (χ2n) is 6.27. The van der Waals surface area contributed by atoms with Crippen molar-refractivity contribution < 1.29 is 18.4 Å². The maximum absolute atomic E-state index is 11.9. The van der Waals surface area contributed by atoms with Gasteiger partial charge in [-0.15, -0.1) is 0 Å². The predicted octanol–water partition coefficient (Wildman–Crippen LogP) is 3.65. The van der Waals surface area contributed by atoms with Crippen molar-refractivity contribution in [2.75, 3.05) is 7.11 Å². The van der Waals surface area contributed by atoms with E-state index in [1.165, 1.54) is 7.11 Å². The molecule has 4 nitrogen and oxygen atoms in total. The Hall–Kier alpha value is -1.02. The van der Waals surface area contributed by atoms with Gasteiger partial charge >= 0.3 is 5.97 Å². The van der Waals surface area contributed by atoms with Gasteiger partial charge < -0.3 is 13.6 Å². The third-order valence-corrected chi connectivity index (χ3v) is 3.69. The molecule has 0 aromatic heterocycles. The van der Waals surface area contributed by atoms with Crippen LogP contribution in [-0.2, 0) is 18.4 Å². The molecule has 19 heavy (non-hydrogen) atoms. The average Bonchev–Trinajstić information content (AvgIpc) is 2.11. The molecule has 0 heterocycles. The van der Waals surface area contributed by atoms with E-state index in [4.69, 9.17) is 13.6 Å². The average molecular weight is 303 g/mol. The molecule has 0 unspecified atom stereocenters. The van der Waals surface area contributed by atoms with Crippen LogP contribution in [0.1, 0.15) is 6.92 Å². The molecule has 0 radical (unpaired) electrons. The van der Waals surface area contributed by atoms with Crippen molar-refractivity contribution in [1.29, 1.82) is 0 Å². The van der Waals surface area contributed by atoms with Crippen LogP contribution in [0.25, 0.3) is 0 Å². The van der Waals surface area contributed by atoms with Gasteiger partial charge in [-0.1, -0.05) is 6.58 Å². The third kappa shape index (κ3) is 7.22. The normalized spacial score (nSPS) is 13.5. The molecule has 0 amide bonds. The van der Waals surface area contributed by atoms with Crippen molar-refractivity contribution in [1.82, 2.24) is 0 Å². The largest absolute Gasteiger partial charge is 0.547 e. The predicted molar refractivity (Wildman–Crippen MR) is 82.7 cm³/mol. The lowest BCUT2D eigenvalue weighted by Gasteiger charge is -2.25. The molecule has 110 valence electrons. The first-order valence-corrected chi connectivity index (χ1v) is 13.1. The fraction of sp³-hybridized carbons (Fsp3) is 0.615. The fourth-order valence-corrected chi connectivity index (χ4v) is 3.35. The summed E-state index contributed by atoms with van der Waals surface area (Å²) in [5, 5.41) is 0. The minimum Gasteiger partial charge on any atom is -0.547 e. The van der Waals surface area contributed by atoms with E-state index in [9.17, 15) is 4.79 Å². The Morgan fingerprint density at radius 3 is 1.68 bits per heavy atom. The number of carbonyl (C=O) groups is 1. The SMILES string of the molecule is C=C(O[Si](C)(C)C)/C(C(=O)OC)=C(\C)O[Si](C)(C)C. The van der Waals surface area contributed by atoms with Crippen LogP contribution in [0.5, 0.6) is 0 Å². The van der Waals surface area contributed by atoms with Gasteiger partial charge in [0, 0.05) is 0 Å².